The van der Waals surface area contributed by atoms with Crippen LogP contribution in [0.15, 0.2) is 48.5 Å². The molecule has 1 N–H and O–H groups in total. The largest absolute Gasteiger partial charge is 3.00 e. The molecule has 0 aliphatic carbocycles. The molecule has 0 amide bonds. The zero-order valence-corrected chi connectivity index (χ0v) is 15.3. The Morgan fingerprint density at radius 3 is 2.32 bits per heavy atom. The van der Waals surface area contributed by atoms with Crippen LogP contribution in [0.25, 0.3) is 0 Å². The van der Waals surface area contributed by atoms with Gasteiger partial charge in [0.15, 0.2) is 0 Å². The van der Waals surface area contributed by atoms with Crippen LogP contribution in [0.3, 0.4) is 0 Å². The fourth-order valence-electron chi connectivity index (χ4n) is 1.99. The van der Waals surface area contributed by atoms with Crippen molar-refractivity contribution in [3.05, 3.63) is 68.2 Å². The number of aliphatic hydroxyl groups is 1. The second kappa shape index (κ2) is 8.94. The Morgan fingerprint density at radius 2 is 1.77 bits per heavy atom. The summed E-state index contributed by atoms with van der Waals surface area (Å²) in [5.74, 6) is 0. The maximum atomic E-state index is 8.30. The minimum absolute atomic E-state index is 0. The van der Waals surface area contributed by atoms with Crippen molar-refractivity contribution in [3.8, 4) is 0 Å². The van der Waals surface area contributed by atoms with E-state index in [0.717, 1.165) is 5.69 Å². The van der Waals surface area contributed by atoms with Crippen LogP contribution in [0.2, 0.25) is 0 Å². The molecule has 3 nitrogen and oxygen atoms in total. The molecule has 0 fully saturated rings. The zero-order chi connectivity index (χ0) is 15.2. The molecule has 1 atom stereocenters. The van der Waals surface area contributed by atoms with Crippen LogP contribution in [0.1, 0.15) is 13.3 Å². The van der Waals surface area contributed by atoms with Crippen molar-refractivity contribution in [2.24, 2.45) is 0 Å². The number of aliphatic hydroxyl groups excluding tert-OH is 1. The van der Waals surface area contributed by atoms with E-state index in [2.05, 4.69) is 66.8 Å². The topological polar surface area (TPSA) is 26.7 Å². The van der Waals surface area contributed by atoms with Crippen molar-refractivity contribution in [1.29, 1.82) is 0 Å². The van der Waals surface area contributed by atoms with E-state index in [1.807, 2.05) is 18.2 Å². The molecular formula is C18H21IrN2O. The van der Waals surface area contributed by atoms with E-state index < -0.39 is 0 Å². The van der Waals surface area contributed by atoms with Crippen molar-refractivity contribution in [2.75, 3.05) is 16.8 Å². The van der Waals surface area contributed by atoms with E-state index in [4.69, 9.17) is 5.11 Å². The van der Waals surface area contributed by atoms with Crippen LogP contribution in [-0.4, -0.2) is 18.3 Å². The molecule has 3 rings (SSSR count). The van der Waals surface area contributed by atoms with Gasteiger partial charge in [-0.1, -0.05) is 12.1 Å². The Balaban J connectivity index is 0.000000356. The van der Waals surface area contributed by atoms with E-state index in [0.29, 0.717) is 6.42 Å². The van der Waals surface area contributed by atoms with Crippen LogP contribution >= 0.6 is 0 Å². The number of hydrogen-bond donors (Lipinski definition) is 1. The molecule has 0 spiro atoms. The molecule has 0 bridgehead atoms. The molecule has 0 saturated carbocycles. The van der Waals surface area contributed by atoms with Crippen LogP contribution < -0.4 is 9.80 Å². The van der Waals surface area contributed by atoms with Gasteiger partial charge in [0.1, 0.15) is 0 Å². The summed E-state index contributed by atoms with van der Waals surface area (Å²) in [4.78, 5) is 4.27. The minimum Gasteiger partial charge on any atom is -0.504 e. The molecule has 1 aliphatic rings. The Kier molecular flexibility index (Phi) is 7.60. The standard InChI is InChI=1S/C14H12N2.C4H9O.Ir/c1-15-11-16(12-7-3-2-4-8-12)14-10-6-5-9-13(14)15;1-3-4(2)5;/h2-7,9-11H,1H3;4-5H,1,3H2,2H3;/q-2;-1;+3. The SMILES string of the molecule is CN1[CH-]N(c2[c-]cccc2)c2ccccc21.[CH2-]CC(C)O.[Ir+3]. The fourth-order valence-corrected chi connectivity index (χ4v) is 1.99. The molecular weight excluding hydrogens is 452 g/mol. The Hall–Kier alpha value is -1.35. The first kappa shape index (κ1) is 18.7. The number of nitrogens with zero attached hydrogens (tertiary/aromatic N) is 2. The summed E-state index contributed by atoms with van der Waals surface area (Å²) < 4.78 is 0. The van der Waals surface area contributed by atoms with Gasteiger partial charge in [-0.2, -0.15) is 43.4 Å². The zero-order valence-electron chi connectivity index (χ0n) is 12.9. The van der Waals surface area contributed by atoms with Gasteiger partial charge in [0.25, 0.3) is 0 Å². The normalized spacial score (nSPS) is 13.6. The van der Waals surface area contributed by atoms with Crippen LogP contribution in [0, 0.1) is 19.7 Å². The van der Waals surface area contributed by atoms with Gasteiger partial charge >= 0.3 is 20.1 Å². The van der Waals surface area contributed by atoms with Crippen molar-refractivity contribution in [1.82, 2.24) is 0 Å². The third kappa shape index (κ3) is 4.57. The number of rotatable bonds is 2. The van der Waals surface area contributed by atoms with Gasteiger partial charge in [0.2, 0.25) is 0 Å². The second-order valence-corrected chi connectivity index (χ2v) is 4.97. The number of benzene rings is 2. The van der Waals surface area contributed by atoms with Crippen molar-refractivity contribution in [2.45, 2.75) is 19.4 Å². The fraction of sp³-hybridized carbons (Fsp3) is 0.222. The first-order valence-electron chi connectivity index (χ1n) is 7.03. The average Bonchev–Trinajstić information content (AvgIpc) is 2.86. The molecule has 0 aromatic heterocycles. The first-order chi connectivity index (χ1) is 10.1. The predicted molar refractivity (Wildman–Crippen MR) is 88.2 cm³/mol. The van der Waals surface area contributed by atoms with Gasteiger partial charge in [-0.05, 0) is 26.1 Å². The molecule has 1 unspecified atom stereocenters. The Labute approximate surface area is 146 Å². The van der Waals surface area contributed by atoms with Crippen LogP contribution in [0.5, 0.6) is 0 Å². The minimum atomic E-state index is -0.227. The van der Waals surface area contributed by atoms with E-state index in [1.54, 1.807) is 6.92 Å². The maximum absolute atomic E-state index is 8.30. The van der Waals surface area contributed by atoms with Crippen molar-refractivity contribution < 1.29 is 25.2 Å². The third-order valence-electron chi connectivity index (χ3n) is 3.18. The molecule has 4 heteroatoms. The van der Waals surface area contributed by atoms with Crippen LogP contribution in [0.4, 0.5) is 17.1 Å². The van der Waals surface area contributed by atoms with E-state index >= 15 is 0 Å². The molecule has 22 heavy (non-hydrogen) atoms. The smallest absolute Gasteiger partial charge is 0.504 e. The van der Waals surface area contributed by atoms with Crippen LogP contribution in [-0.2, 0) is 20.1 Å². The van der Waals surface area contributed by atoms with Gasteiger partial charge in [-0.15, -0.1) is 5.69 Å². The van der Waals surface area contributed by atoms with Gasteiger partial charge < -0.3 is 21.8 Å². The van der Waals surface area contributed by atoms with Gasteiger partial charge in [0, 0.05) is 17.5 Å². The number of hydrogen-bond acceptors (Lipinski definition) is 3. The van der Waals surface area contributed by atoms with Gasteiger partial charge in [0.05, 0.1) is 0 Å². The second-order valence-electron chi connectivity index (χ2n) is 4.97. The van der Waals surface area contributed by atoms with Crippen molar-refractivity contribution in [3.63, 3.8) is 0 Å². The Bertz CT molecular complexity index is 560. The number of para-hydroxylation sites is 3. The van der Waals surface area contributed by atoms with E-state index in [-0.39, 0.29) is 26.2 Å². The summed E-state index contributed by atoms with van der Waals surface area (Å²) in [5, 5.41) is 8.30. The van der Waals surface area contributed by atoms with Crippen molar-refractivity contribution >= 4 is 17.1 Å². The number of fused-ring (bicyclic) bond motifs is 1. The van der Waals surface area contributed by atoms with E-state index in [9.17, 15) is 0 Å². The molecule has 2 aromatic rings. The molecule has 1 heterocycles. The molecule has 1 aliphatic heterocycles. The molecule has 0 radical (unpaired) electrons. The quantitative estimate of drug-likeness (QED) is 0.673. The summed E-state index contributed by atoms with van der Waals surface area (Å²) in [6, 6.07) is 19.6. The average molecular weight is 474 g/mol. The molecule has 118 valence electrons. The molecule has 2 aromatic carbocycles. The first-order valence-corrected chi connectivity index (χ1v) is 7.03. The van der Waals surface area contributed by atoms with Gasteiger partial charge in [-0.3, -0.25) is 0 Å². The summed E-state index contributed by atoms with van der Waals surface area (Å²) in [5.41, 5.74) is 3.49. The summed E-state index contributed by atoms with van der Waals surface area (Å²) >= 11 is 0. The summed E-state index contributed by atoms with van der Waals surface area (Å²) in [7, 11) is 2.06. The Morgan fingerprint density at radius 1 is 1.18 bits per heavy atom. The maximum Gasteiger partial charge on any atom is 3.00 e. The summed E-state index contributed by atoms with van der Waals surface area (Å²) in [6.07, 6.45) is 0.384. The number of anilines is 3. The molecule has 0 saturated heterocycles. The predicted octanol–water partition coefficient (Wildman–Crippen LogP) is 3.78. The third-order valence-corrected chi connectivity index (χ3v) is 3.18. The monoisotopic (exact) mass is 474 g/mol. The van der Waals surface area contributed by atoms with E-state index in [1.165, 1.54) is 11.4 Å². The van der Waals surface area contributed by atoms with Gasteiger partial charge in [-0.25, -0.2) is 0 Å². The summed E-state index contributed by atoms with van der Waals surface area (Å²) in [6.45, 7) is 7.23.